The molecule has 2 aromatic heterocycles. The average Bonchev–Trinajstić information content (AvgIpc) is 3.23. The zero-order valence-electron chi connectivity index (χ0n) is 13.9. The minimum absolute atomic E-state index is 0.410. The summed E-state index contributed by atoms with van der Waals surface area (Å²) in [4.78, 5) is 6.93. The van der Waals surface area contributed by atoms with Crippen LogP contribution in [0.3, 0.4) is 0 Å². The molecule has 0 fully saturated rings. The molecule has 0 radical (unpaired) electrons. The number of thiophene rings is 1. The van der Waals surface area contributed by atoms with Gasteiger partial charge in [-0.25, -0.2) is 18.1 Å². The quantitative estimate of drug-likeness (QED) is 0.664. The molecular formula is C17H18N2O3S3. The molecule has 0 amide bonds. The Morgan fingerprint density at radius 1 is 1.16 bits per heavy atom. The molecule has 0 saturated heterocycles. The summed E-state index contributed by atoms with van der Waals surface area (Å²) in [5, 5.41) is 3.01. The van der Waals surface area contributed by atoms with E-state index in [-0.39, 0.29) is 0 Å². The summed E-state index contributed by atoms with van der Waals surface area (Å²) in [5.41, 5.74) is 2.01. The molecule has 3 rings (SSSR count). The van der Waals surface area contributed by atoms with Gasteiger partial charge in [0.2, 0.25) is 10.0 Å². The number of ether oxygens (including phenoxy) is 1. The van der Waals surface area contributed by atoms with Crippen molar-refractivity contribution in [3.05, 3.63) is 46.7 Å². The molecule has 0 atom stereocenters. The largest absolute Gasteiger partial charge is 0.497 e. The van der Waals surface area contributed by atoms with Gasteiger partial charge in [0.15, 0.2) is 0 Å². The Morgan fingerprint density at radius 2 is 1.92 bits per heavy atom. The summed E-state index contributed by atoms with van der Waals surface area (Å²) in [6, 6.07) is 11.9. The Balaban J connectivity index is 1.69. The standard InChI is InChI=1S/C17H18N2O3S3/c1-22-13-5-3-12(4-6-13)17-19-15(11-23-17)16-8-7-14(24-16)9-10-18-25(2,20)21/h3-8,11,18H,9-10H2,1-2H3. The van der Waals surface area contributed by atoms with Gasteiger partial charge in [-0.1, -0.05) is 0 Å². The van der Waals surface area contributed by atoms with Crippen LogP contribution < -0.4 is 9.46 Å². The van der Waals surface area contributed by atoms with Crippen molar-refractivity contribution >= 4 is 32.7 Å². The van der Waals surface area contributed by atoms with Crippen molar-refractivity contribution in [2.24, 2.45) is 0 Å². The first-order valence-electron chi connectivity index (χ1n) is 7.58. The first-order chi connectivity index (χ1) is 11.9. The van der Waals surface area contributed by atoms with Crippen LogP contribution in [0.1, 0.15) is 4.88 Å². The van der Waals surface area contributed by atoms with Gasteiger partial charge >= 0.3 is 0 Å². The fourth-order valence-corrected chi connectivity index (χ4v) is 4.60. The van der Waals surface area contributed by atoms with Crippen LogP contribution in [0.15, 0.2) is 41.8 Å². The number of benzene rings is 1. The zero-order valence-corrected chi connectivity index (χ0v) is 16.3. The highest BCUT2D eigenvalue weighted by Crippen LogP contribution is 2.33. The Bertz CT molecular complexity index is 944. The summed E-state index contributed by atoms with van der Waals surface area (Å²) in [6.45, 7) is 0.410. The van der Waals surface area contributed by atoms with E-state index in [1.165, 1.54) is 6.26 Å². The van der Waals surface area contributed by atoms with E-state index in [2.05, 4.69) is 4.72 Å². The number of sulfonamides is 1. The van der Waals surface area contributed by atoms with E-state index in [9.17, 15) is 8.42 Å². The van der Waals surface area contributed by atoms with Crippen molar-refractivity contribution in [1.29, 1.82) is 0 Å². The number of hydrogen-bond donors (Lipinski definition) is 1. The third-order valence-electron chi connectivity index (χ3n) is 3.49. The molecule has 8 heteroatoms. The molecule has 0 aliphatic heterocycles. The van der Waals surface area contributed by atoms with Gasteiger partial charge in [0.1, 0.15) is 10.8 Å². The van der Waals surface area contributed by atoms with Gasteiger partial charge in [0, 0.05) is 22.4 Å². The van der Waals surface area contributed by atoms with Crippen molar-refractivity contribution in [1.82, 2.24) is 9.71 Å². The lowest BCUT2D eigenvalue weighted by Gasteiger charge is -2.00. The lowest BCUT2D eigenvalue weighted by atomic mass is 10.2. The summed E-state index contributed by atoms with van der Waals surface area (Å²) < 4.78 is 29.9. The fourth-order valence-electron chi connectivity index (χ4n) is 2.26. The average molecular weight is 395 g/mol. The predicted molar refractivity (Wildman–Crippen MR) is 104 cm³/mol. The third kappa shape index (κ3) is 4.88. The van der Waals surface area contributed by atoms with Crippen molar-refractivity contribution in [2.45, 2.75) is 6.42 Å². The highest BCUT2D eigenvalue weighted by atomic mass is 32.2. The van der Waals surface area contributed by atoms with E-state index in [1.54, 1.807) is 29.8 Å². The highest BCUT2D eigenvalue weighted by Gasteiger charge is 2.10. The molecular weight excluding hydrogens is 376 g/mol. The van der Waals surface area contributed by atoms with Crippen LogP contribution >= 0.6 is 22.7 Å². The first-order valence-corrected chi connectivity index (χ1v) is 11.2. The van der Waals surface area contributed by atoms with Crippen LogP contribution in [0.5, 0.6) is 5.75 Å². The van der Waals surface area contributed by atoms with Crippen LogP contribution in [-0.4, -0.2) is 33.3 Å². The maximum Gasteiger partial charge on any atom is 0.208 e. The van der Waals surface area contributed by atoms with E-state index in [0.29, 0.717) is 13.0 Å². The zero-order chi connectivity index (χ0) is 17.9. The van der Waals surface area contributed by atoms with E-state index in [1.807, 2.05) is 41.8 Å². The molecule has 0 spiro atoms. The molecule has 1 N–H and O–H groups in total. The third-order valence-corrected chi connectivity index (χ3v) is 6.28. The lowest BCUT2D eigenvalue weighted by molar-refractivity contribution is 0.415. The first kappa shape index (κ1) is 18.1. The second-order valence-corrected chi connectivity index (χ2v) is 9.31. The summed E-state index contributed by atoms with van der Waals surface area (Å²) in [6.07, 6.45) is 1.84. The predicted octanol–water partition coefficient (Wildman–Crippen LogP) is 3.64. The molecule has 5 nitrogen and oxygen atoms in total. The number of hydrogen-bond acceptors (Lipinski definition) is 6. The van der Waals surface area contributed by atoms with Crippen LogP contribution in [-0.2, 0) is 16.4 Å². The van der Waals surface area contributed by atoms with Gasteiger partial charge in [-0.15, -0.1) is 22.7 Å². The number of methoxy groups -OCH3 is 1. The van der Waals surface area contributed by atoms with Gasteiger partial charge in [-0.2, -0.15) is 0 Å². The minimum atomic E-state index is -3.14. The molecule has 0 aliphatic rings. The van der Waals surface area contributed by atoms with Gasteiger partial charge in [0.25, 0.3) is 0 Å². The normalized spacial score (nSPS) is 11.6. The maximum absolute atomic E-state index is 11.1. The van der Waals surface area contributed by atoms with Crippen molar-refractivity contribution in [2.75, 3.05) is 19.9 Å². The molecule has 3 aromatic rings. The molecule has 2 heterocycles. The molecule has 0 saturated carbocycles. The van der Waals surface area contributed by atoms with E-state index < -0.39 is 10.0 Å². The molecule has 25 heavy (non-hydrogen) atoms. The number of rotatable bonds is 7. The number of thiazole rings is 1. The van der Waals surface area contributed by atoms with Gasteiger partial charge in [-0.05, 0) is 42.8 Å². The molecule has 1 aromatic carbocycles. The molecule has 0 bridgehead atoms. The lowest BCUT2D eigenvalue weighted by Crippen LogP contribution is -2.23. The smallest absolute Gasteiger partial charge is 0.208 e. The second kappa shape index (κ2) is 7.65. The van der Waals surface area contributed by atoms with Gasteiger partial charge in [-0.3, -0.25) is 0 Å². The summed E-state index contributed by atoms with van der Waals surface area (Å²) in [5.74, 6) is 0.825. The van der Waals surface area contributed by atoms with Gasteiger partial charge < -0.3 is 4.74 Å². The summed E-state index contributed by atoms with van der Waals surface area (Å²) in [7, 11) is -1.49. The topological polar surface area (TPSA) is 68.3 Å². The van der Waals surface area contributed by atoms with Crippen LogP contribution in [0, 0.1) is 0 Å². The maximum atomic E-state index is 11.1. The Hall–Kier alpha value is -1.74. The van der Waals surface area contributed by atoms with Crippen LogP contribution in [0.25, 0.3) is 21.1 Å². The van der Waals surface area contributed by atoms with Crippen LogP contribution in [0.4, 0.5) is 0 Å². The Labute approximate surface area is 155 Å². The highest BCUT2D eigenvalue weighted by molar-refractivity contribution is 7.88. The Morgan fingerprint density at radius 3 is 2.60 bits per heavy atom. The summed E-state index contributed by atoms with van der Waals surface area (Å²) >= 11 is 3.25. The second-order valence-electron chi connectivity index (χ2n) is 5.45. The molecule has 0 aliphatic carbocycles. The molecule has 132 valence electrons. The Kier molecular flexibility index (Phi) is 5.53. The van der Waals surface area contributed by atoms with Crippen LogP contribution in [0.2, 0.25) is 0 Å². The fraction of sp³-hybridized carbons (Fsp3) is 0.235. The number of nitrogens with one attached hydrogen (secondary N) is 1. The SMILES string of the molecule is COc1ccc(-c2nc(-c3ccc(CCNS(C)(=O)=O)s3)cs2)cc1. The van der Waals surface area contributed by atoms with E-state index in [4.69, 9.17) is 9.72 Å². The number of nitrogens with zero attached hydrogens (tertiary/aromatic N) is 1. The van der Waals surface area contributed by atoms with Crippen molar-refractivity contribution in [3.63, 3.8) is 0 Å². The number of aromatic nitrogens is 1. The monoisotopic (exact) mass is 394 g/mol. The van der Waals surface area contributed by atoms with Crippen molar-refractivity contribution < 1.29 is 13.2 Å². The van der Waals surface area contributed by atoms with Gasteiger partial charge in [0.05, 0.1) is 23.9 Å². The van der Waals surface area contributed by atoms with E-state index >= 15 is 0 Å². The van der Waals surface area contributed by atoms with Crippen molar-refractivity contribution in [3.8, 4) is 26.9 Å². The minimum Gasteiger partial charge on any atom is -0.497 e. The van der Waals surface area contributed by atoms with E-state index in [0.717, 1.165) is 31.8 Å². The molecule has 0 unspecified atom stereocenters.